The van der Waals surface area contributed by atoms with Crippen LogP contribution in [0.2, 0.25) is 0 Å². The van der Waals surface area contributed by atoms with Gasteiger partial charge in [0.15, 0.2) is 12.1 Å². The van der Waals surface area contributed by atoms with Crippen LogP contribution in [0.4, 0.5) is 0 Å². The molecule has 8 nitrogen and oxygen atoms in total. The normalized spacial score (nSPS) is 12.9. The van der Waals surface area contributed by atoms with Crippen LogP contribution in [0.5, 0.6) is 0 Å². The lowest BCUT2D eigenvalue weighted by Crippen LogP contribution is -2.50. The standard InChI is InChI=1S/C48H91NO7/c1-6-8-10-12-14-16-18-19-20-21-22-23-24-25-26-27-29-30-32-34-36-38-46(50)55-43-44(42-54-41-40-45(48(52)53)49(3,4)5)56-47(51)39-37-35-33-31-28-17-15-13-11-9-7-2/h13,15,44-45H,6-12,14,16-43H2,1-5H3/p+1/b15-13-. The molecular weight excluding hydrogens is 703 g/mol. The number of carboxylic acid groups (broad SMARTS) is 1. The Morgan fingerprint density at radius 3 is 1.34 bits per heavy atom. The molecule has 0 saturated carbocycles. The molecule has 330 valence electrons. The van der Waals surface area contributed by atoms with Crippen LogP contribution >= 0.6 is 0 Å². The highest BCUT2D eigenvalue weighted by atomic mass is 16.6. The van der Waals surface area contributed by atoms with Crippen LogP contribution < -0.4 is 0 Å². The smallest absolute Gasteiger partial charge is 0.362 e. The number of hydrogen-bond acceptors (Lipinski definition) is 6. The fourth-order valence-electron chi connectivity index (χ4n) is 7.19. The minimum atomic E-state index is -0.873. The SMILES string of the molecule is CCCC/C=C\CCCCCCCC(=O)OC(COCCC(C(=O)O)[N+](C)(C)C)COC(=O)CCCCCCCCCCCCCCCCCCCCCCC. The van der Waals surface area contributed by atoms with Crippen LogP contribution in [-0.2, 0) is 28.6 Å². The van der Waals surface area contributed by atoms with Gasteiger partial charge in [0.2, 0.25) is 0 Å². The maximum absolute atomic E-state index is 12.7. The fourth-order valence-corrected chi connectivity index (χ4v) is 7.19. The predicted octanol–water partition coefficient (Wildman–Crippen LogP) is 13.1. The second-order valence-corrected chi connectivity index (χ2v) is 17.4. The average molecular weight is 795 g/mol. The van der Waals surface area contributed by atoms with E-state index in [4.69, 9.17) is 14.2 Å². The number of hydrogen-bond donors (Lipinski definition) is 1. The van der Waals surface area contributed by atoms with E-state index in [1.165, 1.54) is 141 Å². The third kappa shape index (κ3) is 37.6. The number of esters is 2. The van der Waals surface area contributed by atoms with E-state index in [-0.39, 0.29) is 36.2 Å². The molecule has 2 atom stereocenters. The first kappa shape index (κ1) is 54.1. The predicted molar refractivity (Wildman–Crippen MR) is 234 cm³/mol. The van der Waals surface area contributed by atoms with Crippen LogP contribution in [-0.4, -0.2) is 80.6 Å². The minimum Gasteiger partial charge on any atom is -0.477 e. The summed E-state index contributed by atoms with van der Waals surface area (Å²) >= 11 is 0. The Hall–Kier alpha value is -1.93. The van der Waals surface area contributed by atoms with E-state index in [0.29, 0.717) is 19.3 Å². The number of unbranched alkanes of at least 4 members (excludes halogenated alkanes) is 27. The van der Waals surface area contributed by atoms with E-state index in [9.17, 15) is 19.5 Å². The number of rotatable bonds is 43. The van der Waals surface area contributed by atoms with Crippen molar-refractivity contribution in [3.05, 3.63) is 12.2 Å². The summed E-state index contributed by atoms with van der Waals surface area (Å²) in [6, 6.07) is -0.611. The molecule has 2 unspecified atom stereocenters. The van der Waals surface area contributed by atoms with Crippen molar-refractivity contribution < 1.29 is 38.2 Å². The van der Waals surface area contributed by atoms with Gasteiger partial charge in [-0.05, 0) is 32.1 Å². The maximum Gasteiger partial charge on any atom is 0.362 e. The molecule has 0 saturated heterocycles. The number of carbonyl (C=O) groups is 3. The van der Waals surface area contributed by atoms with E-state index >= 15 is 0 Å². The molecule has 0 radical (unpaired) electrons. The Labute approximate surface area is 346 Å². The van der Waals surface area contributed by atoms with Gasteiger partial charge in [-0.2, -0.15) is 0 Å². The Morgan fingerprint density at radius 2 is 0.911 bits per heavy atom. The van der Waals surface area contributed by atoms with Crippen LogP contribution in [0.15, 0.2) is 12.2 Å². The summed E-state index contributed by atoms with van der Waals surface area (Å²) in [7, 11) is 5.53. The Balaban J connectivity index is 4.16. The zero-order valence-electron chi connectivity index (χ0n) is 37.6. The average Bonchev–Trinajstić information content (AvgIpc) is 3.15. The molecule has 0 aromatic heterocycles. The number of carboxylic acids is 1. The summed E-state index contributed by atoms with van der Waals surface area (Å²) in [4.78, 5) is 37.0. The number of quaternary nitrogens is 1. The van der Waals surface area contributed by atoms with Gasteiger partial charge in [0.1, 0.15) is 6.61 Å². The maximum atomic E-state index is 12.7. The molecular formula is C48H92NO7+. The molecule has 0 amide bonds. The topological polar surface area (TPSA) is 99.1 Å². The lowest BCUT2D eigenvalue weighted by Gasteiger charge is -2.31. The Morgan fingerprint density at radius 1 is 0.518 bits per heavy atom. The quantitative estimate of drug-likeness (QED) is 0.0284. The van der Waals surface area contributed by atoms with Crippen molar-refractivity contribution in [3.8, 4) is 0 Å². The molecule has 56 heavy (non-hydrogen) atoms. The molecule has 0 rings (SSSR count). The highest BCUT2D eigenvalue weighted by Gasteiger charge is 2.31. The van der Waals surface area contributed by atoms with Crippen LogP contribution in [0.1, 0.15) is 226 Å². The molecule has 0 fully saturated rings. The highest BCUT2D eigenvalue weighted by molar-refractivity contribution is 5.72. The van der Waals surface area contributed by atoms with E-state index in [1.807, 2.05) is 21.1 Å². The van der Waals surface area contributed by atoms with Crippen molar-refractivity contribution >= 4 is 17.9 Å². The number of ether oxygens (including phenoxy) is 3. The van der Waals surface area contributed by atoms with Crippen molar-refractivity contribution in [2.45, 2.75) is 238 Å². The summed E-state index contributed by atoms with van der Waals surface area (Å²) in [6.45, 7) is 4.72. The van der Waals surface area contributed by atoms with Gasteiger partial charge in [0, 0.05) is 19.3 Å². The van der Waals surface area contributed by atoms with Gasteiger partial charge in [0.05, 0.1) is 34.4 Å². The number of carbonyl (C=O) groups excluding carboxylic acids is 2. The number of likely N-dealkylation sites (N-methyl/N-ethyl adjacent to an activating group) is 1. The van der Waals surface area contributed by atoms with Crippen molar-refractivity contribution in [3.63, 3.8) is 0 Å². The molecule has 1 N–H and O–H groups in total. The number of allylic oxidation sites excluding steroid dienone is 2. The van der Waals surface area contributed by atoms with Crippen molar-refractivity contribution in [1.82, 2.24) is 0 Å². The molecule has 0 aliphatic rings. The minimum absolute atomic E-state index is 0.0483. The fraction of sp³-hybridized carbons (Fsp3) is 0.896. The van der Waals surface area contributed by atoms with Crippen molar-refractivity contribution in [2.24, 2.45) is 0 Å². The summed E-state index contributed by atoms with van der Waals surface area (Å²) in [5.74, 6) is -1.46. The van der Waals surface area contributed by atoms with E-state index in [0.717, 1.165) is 51.4 Å². The van der Waals surface area contributed by atoms with Gasteiger partial charge in [-0.15, -0.1) is 0 Å². The zero-order chi connectivity index (χ0) is 41.4. The van der Waals surface area contributed by atoms with Gasteiger partial charge in [-0.25, -0.2) is 4.79 Å². The third-order valence-electron chi connectivity index (χ3n) is 10.9. The second kappa shape index (κ2) is 39.9. The lowest BCUT2D eigenvalue weighted by atomic mass is 10.0. The molecule has 0 aliphatic heterocycles. The van der Waals surface area contributed by atoms with Crippen molar-refractivity contribution in [1.29, 1.82) is 0 Å². The summed E-state index contributed by atoms with van der Waals surface area (Å²) < 4.78 is 17.3. The van der Waals surface area contributed by atoms with Gasteiger partial charge in [-0.3, -0.25) is 9.59 Å². The van der Waals surface area contributed by atoms with Gasteiger partial charge < -0.3 is 23.8 Å². The third-order valence-corrected chi connectivity index (χ3v) is 10.9. The molecule has 0 spiro atoms. The lowest BCUT2D eigenvalue weighted by molar-refractivity contribution is -0.887. The van der Waals surface area contributed by atoms with E-state index in [2.05, 4.69) is 26.0 Å². The first-order chi connectivity index (χ1) is 27.1. The molecule has 8 heteroatoms. The van der Waals surface area contributed by atoms with Gasteiger partial charge in [0.25, 0.3) is 0 Å². The second-order valence-electron chi connectivity index (χ2n) is 17.4. The highest BCUT2D eigenvalue weighted by Crippen LogP contribution is 2.16. The van der Waals surface area contributed by atoms with E-state index in [1.54, 1.807) is 0 Å². The van der Waals surface area contributed by atoms with Crippen LogP contribution in [0.25, 0.3) is 0 Å². The monoisotopic (exact) mass is 795 g/mol. The van der Waals surface area contributed by atoms with Gasteiger partial charge in [-0.1, -0.05) is 187 Å². The number of aliphatic carboxylic acids is 1. The first-order valence-electron chi connectivity index (χ1n) is 23.7. The Kier molecular flexibility index (Phi) is 38.5. The van der Waals surface area contributed by atoms with Gasteiger partial charge >= 0.3 is 17.9 Å². The van der Waals surface area contributed by atoms with E-state index < -0.39 is 18.1 Å². The molecule has 0 aliphatic carbocycles. The largest absolute Gasteiger partial charge is 0.477 e. The molecule has 0 bridgehead atoms. The van der Waals surface area contributed by atoms with Crippen molar-refractivity contribution in [2.75, 3.05) is 41.0 Å². The molecule has 0 aromatic carbocycles. The van der Waals surface area contributed by atoms with Crippen LogP contribution in [0, 0.1) is 0 Å². The molecule has 0 heterocycles. The zero-order valence-corrected chi connectivity index (χ0v) is 37.6. The Bertz CT molecular complexity index is 931. The summed E-state index contributed by atoms with van der Waals surface area (Å²) in [6.07, 6.45) is 42.6. The summed E-state index contributed by atoms with van der Waals surface area (Å²) in [5.41, 5.74) is 0. The van der Waals surface area contributed by atoms with Crippen LogP contribution in [0.3, 0.4) is 0 Å². The molecule has 0 aromatic rings. The first-order valence-corrected chi connectivity index (χ1v) is 23.7. The number of nitrogens with zero attached hydrogens (tertiary/aromatic N) is 1. The summed E-state index contributed by atoms with van der Waals surface area (Å²) in [5, 5.41) is 9.62.